The molecule has 1 rings (SSSR count). The summed E-state index contributed by atoms with van der Waals surface area (Å²) in [7, 11) is 0. The maximum atomic E-state index is 5.69. The molecule has 0 saturated heterocycles. The first kappa shape index (κ1) is 14.7. The van der Waals surface area contributed by atoms with Crippen LogP contribution in [0.25, 0.3) is 0 Å². The van der Waals surface area contributed by atoms with Gasteiger partial charge in [-0.2, -0.15) is 0 Å². The van der Waals surface area contributed by atoms with E-state index in [1.807, 2.05) is 0 Å². The number of nitrogens with two attached hydrogens (primary N) is 1. The Morgan fingerprint density at radius 1 is 1.35 bits per heavy atom. The number of halogens is 1. The van der Waals surface area contributed by atoms with Gasteiger partial charge in [0, 0.05) is 10.5 Å². The molecule has 1 aromatic carbocycles. The van der Waals surface area contributed by atoms with Gasteiger partial charge >= 0.3 is 0 Å². The molecular formula is C14H23BrN2. The van der Waals surface area contributed by atoms with Gasteiger partial charge in [0.1, 0.15) is 0 Å². The standard InChI is InChI=1S/C14H23BrN2/c1-10-11(6-5-7-12(10)15)13(17-16)8-9-14(2,3)4/h5-7,13,17H,8-9,16H2,1-4H3. The lowest BCUT2D eigenvalue weighted by atomic mass is 9.86. The van der Waals surface area contributed by atoms with E-state index in [0.29, 0.717) is 5.41 Å². The van der Waals surface area contributed by atoms with E-state index in [-0.39, 0.29) is 6.04 Å². The number of benzene rings is 1. The highest BCUT2D eigenvalue weighted by Crippen LogP contribution is 2.30. The zero-order valence-corrected chi connectivity index (χ0v) is 12.8. The van der Waals surface area contributed by atoms with E-state index in [4.69, 9.17) is 5.84 Å². The highest BCUT2D eigenvalue weighted by molar-refractivity contribution is 9.10. The second kappa shape index (κ2) is 5.98. The predicted molar refractivity (Wildman–Crippen MR) is 77.6 cm³/mol. The molecular weight excluding hydrogens is 276 g/mol. The molecule has 0 heterocycles. The van der Waals surface area contributed by atoms with Crippen LogP contribution < -0.4 is 11.3 Å². The van der Waals surface area contributed by atoms with E-state index in [1.165, 1.54) is 11.1 Å². The zero-order valence-electron chi connectivity index (χ0n) is 11.2. The third-order valence-corrected chi connectivity index (χ3v) is 3.93. The van der Waals surface area contributed by atoms with Gasteiger partial charge in [0.25, 0.3) is 0 Å². The van der Waals surface area contributed by atoms with Crippen LogP contribution in [0, 0.1) is 12.3 Å². The minimum atomic E-state index is 0.228. The summed E-state index contributed by atoms with van der Waals surface area (Å²) in [6.45, 7) is 8.90. The van der Waals surface area contributed by atoms with E-state index in [9.17, 15) is 0 Å². The molecule has 0 saturated carbocycles. The third kappa shape index (κ3) is 4.41. The number of hydrogen-bond acceptors (Lipinski definition) is 2. The van der Waals surface area contributed by atoms with Crippen LogP contribution >= 0.6 is 15.9 Å². The van der Waals surface area contributed by atoms with E-state index in [0.717, 1.165) is 17.3 Å². The Kier molecular flexibility index (Phi) is 5.17. The summed E-state index contributed by atoms with van der Waals surface area (Å²) in [5.74, 6) is 5.69. The van der Waals surface area contributed by atoms with Crippen molar-refractivity contribution in [2.45, 2.75) is 46.6 Å². The van der Waals surface area contributed by atoms with Gasteiger partial charge in [-0.25, -0.2) is 0 Å². The molecule has 0 bridgehead atoms. The van der Waals surface area contributed by atoms with Crippen molar-refractivity contribution in [3.05, 3.63) is 33.8 Å². The van der Waals surface area contributed by atoms with Crippen molar-refractivity contribution in [2.24, 2.45) is 11.3 Å². The summed E-state index contributed by atoms with van der Waals surface area (Å²) in [6, 6.07) is 6.50. The second-order valence-corrected chi connectivity index (χ2v) is 6.63. The maximum absolute atomic E-state index is 5.69. The van der Waals surface area contributed by atoms with Crippen LogP contribution in [0.2, 0.25) is 0 Å². The highest BCUT2D eigenvalue weighted by atomic mass is 79.9. The summed E-state index contributed by atoms with van der Waals surface area (Å²) in [5.41, 5.74) is 5.83. The predicted octanol–water partition coefficient (Wildman–Crippen LogP) is 4.09. The number of rotatable bonds is 4. The van der Waals surface area contributed by atoms with Crippen molar-refractivity contribution in [3.8, 4) is 0 Å². The van der Waals surface area contributed by atoms with Gasteiger partial charge in [-0.3, -0.25) is 11.3 Å². The number of hydrogen-bond donors (Lipinski definition) is 2. The fraction of sp³-hybridized carbons (Fsp3) is 0.571. The summed E-state index contributed by atoms with van der Waals surface area (Å²) in [5, 5.41) is 0. The molecule has 0 aliphatic heterocycles. The van der Waals surface area contributed by atoms with Crippen molar-refractivity contribution < 1.29 is 0 Å². The Hall–Kier alpha value is -0.380. The molecule has 2 nitrogen and oxygen atoms in total. The summed E-state index contributed by atoms with van der Waals surface area (Å²) < 4.78 is 1.14. The topological polar surface area (TPSA) is 38.0 Å². The Bertz CT molecular complexity index is 369. The normalized spacial score (nSPS) is 13.8. The zero-order chi connectivity index (χ0) is 13.1. The average Bonchev–Trinajstić information content (AvgIpc) is 2.23. The minimum Gasteiger partial charge on any atom is -0.271 e. The molecule has 17 heavy (non-hydrogen) atoms. The maximum Gasteiger partial charge on any atom is 0.0463 e. The van der Waals surface area contributed by atoms with Crippen LogP contribution in [0.1, 0.15) is 50.8 Å². The first-order chi connectivity index (χ1) is 7.85. The van der Waals surface area contributed by atoms with E-state index in [2.05, 4.69) is 67.2 Å². The molecule has 96 valence electrons. The third-order valence-electron chi connectivity index (χ3n) is 3.07. The molecule has 3 N–H and O–H groups in total. The van der Waals surface area contributed by atoms with Crippen LogP contribution in [-0.4, -0.2) is 0 Å². The lowest BCUT2D eigenvalue weighted by Crippen LogP contribution is -2.29. The van der Waals surface area contributed by atoms with Gasteiger partial charge in [0.05, 0.1) is 0 Å². The minimum absolute atomic E-state index is 0.228. The van der Waals surface area contributed by atoms with Gasteiger partial charge in [-0.1, -0.05) is 48.8 Å². The van der Waals surface area contributed by atoms with Gasteiger partial charge in [0.2, 0.25) is 0 Å². The van der Waals surface area contributed by atoms with Crippen molar-refractivity contribution in [3.63, 3.8) is 0 Å². The van der Waals surface area contributed by atoms with Gasteiger partial charge in [-0.15, -0.1) is 0 Å². The van der Waals surface area contributed by atoms with E-state index < -0.39 is 0 Å². The number of nitrogens with one attached hydrogen (secondary N) is 1. The lowest BCUT2D eigenvalue weighted by molar-refractivity contribution is 0.333. The van der Waals surface area contributed by atoms with E-state index >= 15 is 0 Å². The molecule has 0 aliphatic rings. The lowest BCUT2D eigenvalue weighted by Gasteiger charge is -2.24. The van der Waals surface area contributed by atoms with Crippen LogP contribution in [0.3, 0.4) is 0 Å². The summed E-state index contributed by atoms with van der Waals surface area (Å²) in [6.07, 6.45) is 2.20. The first-order valence-electron chi connectivity index (χ1n) is 6.06. The molecule has 1 aromatic rings. The summed E-state index contributed by atoms with van der Waals surface area (Å²) in [4.78, 5) is 0. The molecule has 0 aromatic heterocycles. The molecule has 1 atom stereocenters. The van der Waals surface area contributed by atoms with Crippen molar-refractivity contribution in [1.29, 1.82) is 0 Å². The Morgan fingerprint density at radius 3 is 2.53 bits per heavy atom. The Balaban J connectivity index is 2.83. The highest BCUT2D eigenvalue weighted by Gasteiger charge is 2.17. The largest absolute Gasteiger partial charge is 0.271 e. The molecule has 1 unspecified atom stereocenters. The monoisotopic (exact) mass is 298 g/mol. The molecule has 0 radical (unpaired) electrons. The molecule has 0 amide bonds. The van der Waals surface area contributed by atoms with Gasteiger partial charge in [-0.05, 0) is 42.4 Å². The van der Waals surface area contributed by atoms with Crippen LogP contribution in [0.5, 0.6) is 0 Å². The fourth-order valence-electron chi connectivity index (χ4n) is 1.91. The van der Waals surface area contributed by atoms with Gasteiger partial charge < -0.3 is 0 Å². The van der Waals surface area contributed by atoms with E-state index in [1.54, 1.807) is 0 Å². The SMILES string of the molecule is Cc1c(Br)cccc1C(CCC(C)(C)C)NN. The van der Waals surface area contributed by atoms with Crippen LogP contribution in [0.4, 0.5) is 0 Å². The van der Waals surface area contributed by atoms with Crippen molar-refractivity contribution >= 4 is 15.9 Å². The first-order valence-corrected chi connectivity index (χ1v) is 6.85. The Morgan fingerprint density at radius 2 is 2.00 bits per heavy atom. The molecule has 3 heteroatoms. The molecule has 0 fully saturated rings. The van der Waals surface area contributed by atoms with Gasteiger partial charge in [0.15, 0.2) is 0 Å². The quantitative estimate of drug-likeness (QED) is 0.649. The molecule has 0 aliphatic carbocycles. The average molecular weight is 299 g/mol. The van der Waals surface area contributed by atoms with Crippen molar-refractivity contribution in [1.82, 2.24) is 5.43 Å². The van der Waals surface area contributed by atoms with Crippen LogP contribution in [-0.2, 0) is 0 Å². The number of hydrazine groups is 1. The molecule has 0 spiro atoms. The fourth-order valence-corrected chi connectivity index (χ4v) is 2.29. The summed E-state index contributed by atoms with van der Waals surface area (Å²) >= 11 is 3.57. The smallest absolute Gasteiger partial charge is 0.0463 e. The van der Waals surface area contributed by atoms with Crippen molar-refractivity contribution in [2.75, 3.05) is 0 Å². The van der Waals surface area contributed by atoms with Crippen LogP contribution in [0.15, 0.2) is 22.7 Å². The Labute approximate surface area is 113 Å². The second-order valence-electron chi connectivity index (χ2n) is 5.77.